The normalized spacial score (nSPS) is 25.8. The van der Waals surface area contributed by atoms with Gasteiger partial charge in [0, 0.05) is 12.1 Å². The van der Waals surface area contributed by atoms with Crippen LogP contribution in [0, 0.1) is 0 Å². The number of aliphatic hydroxyl groups is 3. The van der Waals surface area contributed by atoms with Crippen molar-refractivity contribution in [1.29, 1.82) is 0 Å². The van der Waals surface area contributed by atoms with E-state index in [1.165, 1.54) is 12.0 Å². The van der Waals surface area contributed by atoms with Gasteiger partial charge in [-0.25, -0.2) is 18.7 Å². The van der Waals surface area contributed by atoms with Crippen molar-refractivity contribution < 1.29 is 94.9 Å². The van der Waals surface area contributed by atoms with Crippen molar-refractivity contribution in [3.63, 3.8) is 0 Å². The highest BCUT2D eigenvalue weighted by Crippen LogP contribution is 2.49. The number of nitrogen functional groups attached to an aromatic ring is 2. The summed E-state index contributed by atoms with van der Waals surface area (Å²) in [6, 6.07) is 6.60. The van der Waals surface area contributed by atoms with E-state index < -0.39 is 116 Å². The van der Waals surface area contributed by atoms with E-state index >= 15 is 0 Å². The van der Waals surface area contributed by atoms with Crippen LogP contribution in [0.25, 0.3) is 11.2 Å². The molecule has 1 aromatic carbocycles. The van der Waals surface area contributed by atoms with Gasteiger partial charge in [0.1, 0.15) is 60.8 Å². The maximum Gasteiger partial charge on any atom is 0.472 e. The zero-order chi connectivity index (χ0) is 50.7. The number of hydrogen-bond acceptors (Lipinski definition) is 25. The number of fused-ring (bicyclic) bond motifs is 2. The fraction of sp³-hybridized carbons (Fsp3) is 0.559. The first-order chi connectivity index (χ1) is 33.0. The molecule has 0 spiro atoms. The summed E-state index contributed by atoms with van der Waals surface area (Å²) in [5, 5.41) is 33.2. The lowest BCUT2D eigenvalue weighted by atomic mass is 10.1. The lowest BCUT2D eigenvalue weighted by Gasteiger charge is -2.30. The summed E-state index contributed by atoms with van der Waals surface area (Å²) in [6.07, 6.45) is -13.0. The topological polar surface area (TPSA) is 453 Å². The molecule has 2 fully saturated rings. The number of aliphatic hydroxyl groups excluding tert-OH is 3. The Labute approximate surface area is 398 Å². The van der Waals surface area contributed by atoms with Gasteiger partial charge in [0.15, 0.2) is 29.4 Å². The molecule has 7 rings (SSSR count). The van der Waals surface area contributed by atoms with E-state index in [9.17, 15) is 58.2 Å². The third-order valence-electron chi connectivity index (χ3n) is 10.5. The van der Waals surface area contributed by atoms with Gasteiger partial charge >= 0.3 is 23.5 Å². The molecule has 32 nitrogen and oxygen atoms in total. The Morgan fingerprint density at radius 1 is 0.829 bits per heavy atom. The molecule has 3 aliphatic heterocycles. The fourth-order valence-electron chi connectivity index (χ4n) is 7.31. The summed E-state index contributed by atoms with van der Waals surface area (Å²) in [4.78, 5) is 85.2. The van der Waals surface area contributed by atoms with Gasteiger partial charge in [0.2, 0.25) is 11.9 Å². The number of ether oxygens (including phenoxy) is 5. The number of nitrogens with one attached hydrogen (secondary N) is 2. The molecule has 3 aromatic heterocycles. The van der Waals surface area contributed by atoms with Crippen LogP contribution in [-0.4, -0.2) is 180 Å². The van der Waals surface area contributed by atoms with Gasteiger partial charge in [0.25, 0.3) is 11.1 Å². The first-order valence-electron chi connectivity index (χ1n) is 20.5. The quantitative estimate of drug-likeness (QED) is 0.0264. The molecule has 13 N–H and O–H groups in total. The number of aromatic nitrogens is 6. The number of H-pyrrole nitrogens is 2. The molecule has 70 heavy (non-hydrogen) atoms. The molecule has 36 heteroatoms. The predicted octanol–water partition coefficient (Wildman–Crippen LogP) is -2.13. The van der Waals surface area contributed by atoms with E-state index in [1.54, 1.807) is 29.2 Å². The first kappa shape index (κ1) is 53.6. The van der Waals surface area contributed by atoms with Crippen LogP contribution in [0.1, 0.15) is 6.23 Å². The number of hydrogen-bond donors (Lipinski definition) is 11. The number of aromatic amines is 2. The monoisotopic (exact) mass is 1080 g/mol. The van der Waals surface area contributed by atoms with Crippen molar-refractivity contribution >= 4 is 69.6 Å². The van der Waals surface area contributed by atoms with E-state index in [-0.39, 0.29) is 67.6 Å². The minimum Gasteiger partial charge on any atom is -0.492 e. The van der Waals surface area contributed by atoms with E-state index in [2.05, 4.69) is 29.4 Å². The first-order valence-corrected chi connectivity index (χ1v) is 25.4. The number of imidazole rings is 1. The van der Waals surface area contributed by atoms with Crippen LogP contribution in [0.2, 0.25) is 5.02 Å². The van der Waals surface area contributed by atoms with Crippen LogP contribution in [0.15, 0.2) is 40.2 Å². The van der Waals surface area contributed by atoms with Crippen LogP contribution in [0.3, 0.4) is 0 Å². The van der Waals surface area contributed by atoms with E-state index in [4.69, 9.17) is 64.8 Å². The van der Waals surface area contributed by atoms with E-state index in [1.807, 2.05) is 0 Å². The van der Waals surface area contributed by atoms with Gasteiger partial charge in [-0.2, -0.15) is 9.97 Å². The van der Waals surface area contributed by atoms with Gasteiger partial charge in [-0.3, -0.25) is 46.7 Å². The summed E-state index contributed by atoms with van der Waals surface area (Å²) < 4.78 is 91.5. The minimum atomic E-state index is -5.46. The average molecular weight is 1080 g/mol. The van der Waals surface area contributed by atoms with E-state index in [0.29, 0.717) is 10.8 Å². The zero-order valence-corrected chi connectivity index (χ0v) is 39.7. The van der Waals surface area contributed by atoms with Crippen molar-refractivity contribution in [2.45, 2.75) is 55.2 Å². The molecule has 3 unspecified atom stereocenters. The number of methoxy groups -OCH3 is 1. The maximum atomic E-state index is 13.2. The smallest absolute Gasteiger partial charge is 0.472 e. The molecule has 0 saturated carbocycles. The van der Waals surface area contributed by atoms with Gasteiger partial charge in [-0.1, -0.05) is 11.6 Å². The molecule has 0 amide bonds. The summed E-state index contributed by atoms with van der Waals surface area (Å²) in [6.45, 7) is -4.16. The highest BCUT2D eigenvalue weighted by molar-refractivity contribution is 7.47. The number of phosphoric acid groups is 3. The predicted molar refractivity (Wildman–Crippen MR) is 236 cm³/mol. The zero-order valence-electron chi connectivity index (χ0n) is 36.3. The average Bonchev–Trinajstić information content (AvgIpc) is 4.03. The third-order valence-corrected chi connectivity index (χ3v) is 13.2. The Morgan fingerprint density at radius 2 is 1.44 bits per heavy atom. The van der Waals surface area contributed by atoms with Crippen molar-refractivity contribution in [2.24, 2.45) is 0 Å². The summed E-state index contributed by atoms with van der Waals surface area (Å²) in [5.41, 5.74) is 9.96. The summed E-state index contributed by atoms with van der Waals surface area (Å²) in [7, 11) is -14.6. The Hall–Kier alpha value is -4.21. The lowest BCUT2D eigenvalue weighted by Crippen LogP contribution is -2.48. The molecular formula is C34H48ClN10O22P3. The Bertz CT molecular complexity index is 2720. The summed E-state index contributed by atoms with van der Waals surface area (Å²) in [5.74, 6) is 0.00191. The van der Waals surface area contributed by atoms with Crippen LogP contribution in [0.4, 0.5) is 23.4 Å². The van der Waals surface area contributed by atoms with Crippen LogP contribution >= 0.6 is 35.1 Å². The van der Waals surface area contributed by atoms with Crippen LogP contribution in [-0.2, 0) is 55.3 Å². The molecule has 0 radical (unpaired) electrons. The van der Waals surface area contributed by atoms with Gasteiger partial charge in [-0.05, 0) is 24.3 Å². The Kier molecular flexibility index (Phi) is 17.1. The van der Waals surface area contributed by atoms with Crippen LogP contribution < -0.4 is 37.1 Å². The highest BCUT2D eigenvalue weighted by atomic mass is 35.5. The number of halogens is 1. The number of nitrogens with two attached hydrogens (primary N) is 2. The number of nitrogens with zero attached hydrogens (tertiary/aromatic N) is 6. The van der Waals surface area contributed by atoms with Gasteiger partial charge in [0.05, 0.1) is 59.2 Å². The molecule has 0 bridgehead atoms. The van der Waals surface area contributed by atoms with Gasteiger partial charge < -0.3 is 79.8 Å². The number of phosphoric ester groups is 3. The number of benzene rings is 1. The second-order valence-electron chi connectivity index (χ2n) is 15.3. The van der Waals surface area contributed by atoms with Crippen molar-refractivity contribution in [1.82, 2.24) is 29.5 Å². The van der Waals surface area contributed by atoms with Crippen LogP contribution in [0.5, 0.6) is 5.75 Å². The molecule has 2 saturated heterocycles. The van der Waals surface area contributed by atoms with Crippen molar-refractivity contribution in [3.8, 4) is 5.75 Å². The third kappa shape index (κ3) is 13.1. The van der Waals surface area contributed by atoms with Crippen molar-refractivity contribution in [3.05, 3.63) is 56.3 Å². The highest BCUT2D eigenvalue weighted by Gasteiger charge is 2.51. The van der Waals surface area contributed by atoms with Gasteiger partial charge in [-0.15, -0.1) is 0 Å². The second kappa shape index (κ2) is 22.3. The molecular weight excluding hydrogens is 1030 g/mol. The standard InChI is InChI=1S/C34H48ClN10O22P3/c1-58-8-9-60-26-24(47)20(66-32(26)45-15-43(22-28(45)40-34(37)42-30(22)50)6-7-59-17-4-2-16(35)3-5-17)13-64-70(56,57)62-11-18(67-68(51,52)53)10-61-69(54,55)63-12-19-23(46)25(48)31(65-19)44-14-38-21-27(44)39-33(36)41-29(21)49/h2-5,14,18-20,23-26,31-32,46-48H,6-13,15H2,1H3,(H,54,55)(H,56,57)(H2,51,52,53)(H3,36,39,41,49)(H3,37,40,42,50)/t18?,19-,20-,23-,24-,25-,26-,31-,32-/m1/s1. The molecule has 388 valence electrons. The number of anilines is 4. The largest absolute Gasteiger partial charge is 0.492 e. The van der Waals surface area contributed by atoms with Crippen molar-refractivity contribution in [2.75, 3.05) is 87.8 Å². The summed E-state index contributed by atoms with van der Waals surface area (Å²) >= 11 is 5.97. The number of rotatable bonds is 24. The fourth-order valence-corrected chi connectivity index (χ4v) is 9.48. The minimum absolute atomic E-state index is 0.0410. The Morgan fingerprint density at radius 3 is 2.09 bits per heavy atom. The lowest BCUT2D eigenvalue weighted by molar-refractivity contribution is -0.0527. The van der Waals surface area contributed by atoms with E-state index in [0.717, 1.165) is 10.9 Å². The SMILES string of the molecule is COCCO[C@@H]1[C@H](O)[C@@H](COP(=O)(O)OCC(COP(=O)(O)OC[C@H]2O[C@@H](n3cnc4c(=O)[nH]c(N)nc43)[C@H](O)[C@@H]2O)OP(=O)(O)O)O[C@H]1N1CN(CCOc2ccc(Cl)cc2)c2c1nc(N)[nH]c2=O. The molecule has 6 heterocycles. The molecule has 11 atom stereocenters. The molecule has 4 aromatic rings. The molecule has 0 aliphatic carbocycles. The molecule has 3 aliphatic rings. The maximum absolute atomic E-state index is 13.2. The Balaban J connectivity index is 0.952. The second-order valence-corrected chi connectivity index (χ2v) is 19.9.